The van der Waals surface area contributed by atoms with Crippen molar-refractivity contribution >= 4 is 18.0 Å². The highest BCUT2D eigenvalue weighted by atomic mass is 16.7. The third kappa shape index (κ3) is 6.01. The summed E-state index contributed by atoms with van der Waals surface area (Å²) < 4.78 is 21.8. The van der Waals surface area contributed by atoms with Crippen LogP contribution in [0.15, 0.2) is 84.4 Å². The van der Waals surface area contributed by atoms with E-state index in [-0.39, 0.29) is 5.57 Å². The zero-order valence-electron chi connectivity index (χ0n) is 18.4. The van der Waals surface area contributed by atoms with Crippen molar-refractivity contribution in [3.63, 3.8) is 0 Å². The second kappa shape index (κ2) is 9.61. The quantitative estimate of drug-likeness (QED) is 0.288. The molecule has 0 N–H and O–H groups in total. The molecule has 0 bridgehead atoms. The highest BCUT2D eigenvalue weighted by Gasteiger charge is 2.38. The molecule has 168 valence electrons. The standard InChI is InChI=1S/C27H24O6/c1-27(2)32-25(28)24(26(29)33-27)16-19-8-12-22(13-9-19)31-18-21-10-14-23(15-11-21)30-17-20-6-4-3-5-7-20/h3-16H,17-18H2,1-2H3. The Kier molecular flexibility index (Phi) is 6.45. The van der Waals surface area contributed by atoms with E-state index in [1.807, 2.05) is 54.6 Å². The largest absolute Gasteiger partial charge is 0.489 e. The maximum absolute atomic E-state index is 12.1. The smallest absolute Gasteiger partial charge is 0.348 e. The number of ether oxygens (including phenoxy) is 4. The van der Waals surface area contributed by atoms with Crippen LogP contribution < -0.4 is 9.47 Å². The average Bonchev–Trinajstić information content (AvgIpc) is 2.80. The molecule has 0 aromatic heterocycles. The fourth-order valence-corrected chi connectivity index (χ4v) is 3.19. The van der Waals surface area contributed by atoms with E-state index in [4.69, 9.17) is 18.9 Å². The highest BCUT2D eigenvalue weighted by molar-refractivity contribution is 6.18. The first kappa shape index (κ1) is 22.1. The first-order valence-electron chi connectivity index (χ1n) is 10.5. The molecule has 0 atom stereocenters. The Morgan fingerprint density at radius 1 is 0.697 bits per heavy atom. The van der Waals surface area contributed by atoms with Gasteiger partial charge in [0.05, 0.1) is 0 Å². The first-order valence-corrected chi connectivity index (χ1v) is 10.5. The minimum Gasteiger partial charge on any atom is -0.489 e. The first-order chi connectivity index (χ1) is 15.9. The number of hydrogen-bond donors (Lipinski definition) is 0. The molecule has 6 nitrogen and oxygen atoms in total. The van der Waals surface area contributed by atoms with Gasteiger partial charge in [-0.3, -0.25) is 0 Å². The van der Waals surface area contributed by atoms with E-state index in [0.29, 0.717) is 24.5 Å². The zero-order valence-corrected chi connectivity index (χ0v) is 18.4. The molecular weight excluding hydrogens is 420 g/mol. The lowest BCUT2D eigenvalue weighted by molar-refractivity contribution is -0.222. The van der Waals surface area contributed by atoms with Crippen LogP contribution >= 0.6 is 0 Å². The summed E-state index contributed by atoms with van der Waals surface area (Å²) in [7, 11) is 0. The summed E-state index contributed by atoms with van der Waals surface area (Å²) in [5, 5.41) is 0. The Labute approximate surface area is 192 Å². The van der Waals surface area contributed by atoms with Crippen LogP contribution in [0.1, 0.15) is 30.5 Å². The molecule has 1 fully saturated rings. The van der Waals surface area contributed by atoms with Gasteiger partial charge in [0, 0.05) is 13.8 Å². The van der Waals surface area contributed by atoms with Gasteiger partial charge in [0.15, 0.2) is 0 Å². The van der Waals surface area contributed by atoms with E-state index in [1.54, 1.807) is 24.3 Å². The topological polar surface area (TPSA) is 71.1 Å². The van der Waals surface area contributed by atoms with Crippen LogP contribution in [0.2, 0.25) is 0 Å². The lowest BCUT2D eigenvalue weighted by atomic mass is 10.1. The second-order valence-electron chi connectivity index (χ2n) is 8.01. The molecule has 33 heavy (non-hydrogen) atoms. The fourth-order valence-electron chi connectivity index (χ4n) is 3.19. The van der Waals surface area contributed by atoms with Gasteiger partial charge in [-0.25, -0.2) is 9.59 Å². The summed E-state index contributed by atoms with van der Waals surface area (Å²) in [5.41, 5.74) is 2.64. The van der Waals surface area contributed by atoms with Crippen molar-refractivity contribution in [2.24, 2.45) is 0 Å². The molecule has 6 heteroatoms. The van der Waals surface area contributed by atoms with E-state index < -0.39 is 17.7 Å². The number of esters is 2. The zero-order chi connectivity index (χ0) is 23.3. The van der Waals surface area contributed by atoms with Gasteiger partial charge < -0.3 is 18.9 Å². The lowest BCUT2D eigenvalue weighted by Crippen LogP contribution is -2.41. The number of hydrogen-bond acceptors (Lipinski definition) is 6. The van der Waals surface area contributed by atoms with Gasteiger partial charge in [0.2, 0.25) is 0 Å². The molecule has 0 radical (unpaired) electrons. The van der Waals surface area contributed by atoms with E-state index >= 15 is 0 Å². The van der Waals surface area contributed by atoms with Crippen LogP contribution in [0.4, 0.5) is 0 Å². The van der Waals surface area contributed by atoms with Crippen molar-refractivity contribution in [3.8, 4) is 11.5 Å². The highest BCUT2D eigenvalue weighted by Crippen LogP contribution is 2.25. The van der Waals surface area contributed by atoms with Crippen LogP contribution in [0.5, 0.6) is 11.5 Å². The van der Waals surface area contributed by atoms with Crippen LogP contribution in [0.3, 0.4) is 0 Å². The minimum absolute atomic E-state index is 0.141. The molecule has 1 aliphatic rings. The molecular formula is C27H24O6. The number of carbonyl (C=O) groups is 2. The molecule has 0 amide bonds. The summed E-state index contributed by atoms with van der Waals surface area (Å²) >= 11 is 0. The number of rotatable bonds is 7. The maximum Gasteiger partial charge on any atom is 0.348 e. The lowest BCUT2D eigenvalue weighted by Gasteiger charge is -2.29. The van der Waals surface area contributed by atoms with Crippen LogP contribution in [-0.4, -0.2) is 17.7 Å². The molecule has 0 saturated carbocycles. The molecule has 1 aliphatic heterocycles. The average molecular weight is 444 g/mol. The van der Waals surface area contributed by atoms with E-state index in [2.05, 4.69) is 0 Å². The summed E-state index contributed by atoms with van der Waals surface area (Å²) in [6.07, 6.45) is 1.44. The molecule has 4 rings (SSSR count). The van der Waals surface area contributed by atoms with Crippen LogP contribution in [0, 0.1) is 0 Å². The maximum atomic E-state index is 12.1. The van der Waals surface area contributed by atoms with Crippen molar-refractivity contribution in [3.05, 3.63) is 101 Å². The van der Waals surface area contributed by atoms with Gasteiger partial charge in [-0.05, 0) is 47.0 Å². The molecule has 0 spiro atoms. The predicted molar refractivity (Wildman–Crippen MR) is 122 cm³/mol. The summed E-state index contributed by atoms with van der Waals surface area (Å²) in [5.74, 6) is -1.20. The van der Waals surface area contributed by atoms with Gasteiger partial charge in [-0.1, -0.05) is 54.6 Å². The SMILES string of the molecule is CC1(C)OC(=O)C(=Cc2ccc(OCc3ccc(OCc4ccccc4)cc3)cc2)C(=O)O1. The second-order valence-corrected chi connectivity index (χ2v) is 8.01. The number of carbonyl (C=O) groups excluding carboxylic acids is 2. The van der Waals surface area contributed by atoms with Crippen molar-refractivity contribution in [2.45, 2.75) is 32.8 Å². The normalized spacial score (nSPS) is 14.8. The fraction of sp³-hybridized carbons (Fsp3) is 0.185. The van der Waals surface area contributed by atoms with Gasteiger partial charge in [0.25, 0.3) is 5.79 Å². The summed E-state index contributed by atoms with van der Waals surface area (Å²) in [6, 6.07) is 24.8. The van der Waals surface area contributed by atoms with Crippen LogP contribution in [-0.2, 0) is 32.3 Å². The minimum atomic E-state index is -1.25. The van der Waals surface area contributed by atoms with Crippen molar-refractivity contribution in [1.82, 2.24) is 0 Å². The van der Waals surface area contributed by atoms with Gasteiger partial charge in [0.1, 0.15) is 30.3 Å². The molecule has 1 saturated heterocycles. The molecule has 0 unspecified atom stereocenters. The number of cyclic esters (lactones) is 2. The third-order valence-corrected chi connectivity index (χ3v) is 4.89. The van der Waals surface area contributed by atoms with Crippen LogP contribution in [0.25, 0.3) is 6.08 Å². The summed E-state index contributed by atoms with van der Waals surface area (Å²) in [6.45, 7) is 3.94. The third-order valence-electron chi connectivity index (χ3n) is 4.89. The molecule has 3 aromatic carbocycles. The Balaban J connectivity index is 1.30. The predicted octanol–water partition coefficient (Wildman–Crippen LogP) is 5.06. The number of benzene rings is 3. The molecule has 3 aromatic rings. The van der Waals surface area contributed by atoms with E-state index in [0.717, 1.165) is 16.9 Å². The Morgan fingerprint density at radius 3 is 1.73 bits per heavy atom. The molecule has 0 aliphatic carbocycles. The van der Waals surface area contributed by atoms with Gasteiger partial charge in [-0.2, -0.15) is 0 Å². The van der Waals surface area contributed by atoms with E-state index in [1.165, 1.54) is 19.9 Å². The van der Waals surface area contributed by atoms with Gasteiger partial charge in [-0.15, -0.1) is 0 Å². The summed E-state index contributed by atoms with van der Waals surface area (Å²) in [4.78, 5) is 24.1. The van der Waals surface area contributed by atoms with Crippen molar-refractivity contribution < 1.29 is 28.5 Å². The van der Waals surface area contributed by atoms with E-state index in [9.17, 15) is 9.59 Å². The Hall–Kier alpha value is -4.06. The Bertz CT molecular complexity index is 1120. The van der Waals surface area contributed by atoms with Crippen molar-refractivity contribution in [2.75, 3.05) is 0 Å². The Morgan fingerprint density at radius 2 is 1.18 bits per heavy atom. The monoisotopic (exact) mass is 444 g/mol. The van der Waals surface area contributed by atoms with Crippen molar-refractivity contribution in [1.29, 1.82) is 0 Å². The molecule has 1 heterocycles. The van der Waals surface area contributed by atoms with Gasteiger partial charge >= 0.3 is 11.9 Å².